The molecule has 4 nitrogen and oxygen atoms in total. The van der Waals surface area contributed by atoms with E-state index >= 15 is 0 Å². The topological polar surface area (TPSA) is 71.4 Å². The van der Waals surface area contributed by atoms with Gasteiger partial charge in [0.05, 0.1) is 0 Å². The fourth-order valence-electron chi connectivity index (χ4n) is 1.53. The fourth-order valence-corrected chi connectivity index (χ4v) is 1.53. The molecule has 0 radical (unpaired) electrons. The van der Waals surface area contributed by atoms with Gasteiger partial charge in [-0.1, -0.05) is 52.9 Å². The lowest BCUT2D eigenvalue weighted by Gasteiger charge is -1.95. The first-order valence-electron chi connectivity index (χ1n) is 8.96. The third-order valence-electron chi connectivity index (χ3n) is 3.06. The lowest BCUT2D eigenvalue weighted by molar-refractivity contribution is -0.120. The maximum atomic E-state index is 10.6. The maximum Gasteiger partial charge on any atom is 0.155 e. The van der Waals surface area contributed by atoms with E-state index in [2.05, 4.69) is 13.8 Å². The van der Waals surface area contributed by atoms with E-state index in [1.807, 2.05) is 6.92 Å². The number of Topliss-reactive ketones (excluding diaryl/α,β-unsaturated/α-hetero) is 3. The van der Waals surface area contributed by atoms with Gasteiger partial charge in [-0.15, -0.1) is 0 Å². The zero-order valence-electron chi connectivity index (χ0n) is 16.0. The van der Waals surface area contributed by atoms with E-state index in [9.17, 15) is 14.4 Å². The van der Waals surface area contributed by atoms with Crippen LogP contribution in [0.15, 0.2) is 0 Å². The second kappa shape index (κ2) is 23.2. The normalized spacial score (nSPS) is 9.13. The molecule has 23 heavy (non-hydrogen) atoms. The predicted molar refractivity (Wildman–Crippen MR) is 96.6 cm³/mol. The zero-order chi connectivity index (χ0) is 18.5. The summed E-state index contributed by atoms with van der Waals surface area (Å²) in [6.45, 7) is 8.88. The first-order valence-corrected chi connectivity index (χ1v) is 8.96. The van der Waals surface area contributed by atoms with Crippen LogP contribution in [0.2, 0.25) is 0 Å². The van der Waals surface area contributed by atoms with Crippen molar-refractivity contribution in [3.8, 4) is 0 Å². The van der Waals surface area contributed by atoms with Gasteiger partial charge in [-0.3, -0.25) is 9.59 Å². The Balaban J connectivity index is -0.000000276. The third-order valence-corrected chi connectivity index (χ3v) is 3.06. The van der Waals surface area contributed by atoms with Gasteiger partial charge in [-0.2, -0.15) is 0 Å². The number of rotatable bonds is 11. The molecule has 0 amide bonds. The summed E-state index contributed by atoms with van der Waals surface area (Å²) in [6.07, 6.45) is 10.7. The molecule has 0 aromatic rings. The molecular formula is C19H38O4. The van der Waals surface area contributed by atoms with Crippen LogP contribution in [0.5, 0.6) is 0 Å². The fraction of sp³-hybridized carbons (Fsp3) is 0.842. The van der Waals surface area contributed by atoms with Crippen LogP contribution in [-0.4, -0.2) is 29.1 Å². The van der Waals surface area contributed by atoms with E-state index in [0.717, 1.165) is 32.1 Å². The molecule has 0 aromatic carbocycles. The van der Waals surface area contributed by atoms with Gasteiger partial charge in [0, 0.05) is 19.3 Å². The molecule has 0 atom stereocenters. The highest BCUT2D eigenvalue weighted by Crippen LogP contribution is 2.04. The van der Waals surface area contributed by atoms with Gasteiger partial charge in [-0.25, -0.2) is 0 Å². The molecule has 0 fully saturated rings. The highest BCUT2D eigenvalue weighted by molar-refractivity contribution is 5.77. The second-order valence-electron chi connectivity index (χ2n) is 5.72. The maximum absolute atomic E-state index is 10.6. The summed E-state index contributed by atoms with van der Waals surface area (Å²) < 4.78 is 0. The van der Waals surface area contributed by atoms with E-state index in [0.29, 0.717) is 18.0 Å². The van der Waals surface area contributed by atoms with Crippen LogP contribution < -0.4 is 0 Å². The number of carbonyl (C=O) groups excluding carboxylic acids is 3. The van der Waals surface area contributed by atoms with Crippen LogP contribution in [0.25, 0.3) is 0 Å². The molecule has 138 valence electrons. The molecule has 0 aliphatic carbocycles. The molecule has 0 saturated carbocycles. The summed E-state index contributed by atoms with van der Waals surface area (Å²) in [5, 5.41) is 7.79. The predicted octanol–water partition coefficient (Wildman–Crippen LogP) is 4.66. The highest BCUT2D eigenvalue weighted by atomic mass is 16.3. The zero-order valence-corrected chi connectivity index (χ0v) is 16.0. The second-order valence-corrected chi connectivity index (χ2v) is 5.72. The Morgan fingerprint density at radius 1 is 0.696 bits per heavy atom. The Morgan fingerprint density at radius 2 is 1.17 bits per heavy atom. The van der Waals surface area contributed by atoms with Crippen LogP contribution in [0.1, 0.15) is 98.8 Å². The minimum absolute atomic E-state index is 0.190. The SMILES string of the molecule is CC(=O)CO.CCCCC(=O)CC.CCCCCCCC(C)=O. The van der Waals surface area contributed by atoms with E-state index in [1.54, 1.807) is 6.92 Å². The highest BCUT2D eigenvalue weighted by Gasteiger charge is 1.94. The molecule has 0 rings (SSSR count). The van der Waals surface area contributed by atoms with Crippen LogP contribution >= 0.6 is 0 Å². The van der Waals surface area contributed by atoms with Crippen molar-refractivity contribution in [1.82, 2.24) is 0 Å². The quantitative estimate of drug-likeness (QED) is 0.559. The Hall–Kier alpha value is -1.03. The van der Waals surface area contributed by atoms with Crippen molar-refractivity contribution >= 4 is 17.3 Å². The smallest absolute Gasteiger partial charge is 0.155 e. The number of unbranched alkanes of at least 4 members (excludes halogenated alkanes) is 5. The molecule has 4 heteroatoms. The van der Waals surface area contributed by atoms with Crippen LogP contribution in [0.4, 0.5) is 0 Å². The first-order chi connectivity index (χ1) is 10.8. The Labute approximate surface area is 143 Å². The van der Waals surface area contributed by atoms with Crippen molar-refractivity contribution in [2.45, 2.75) is 98.8 Å². The molecule has 0 bridgehead atoms. The largest absolute Gasteiger partial charge is 0.389 e. The molecule has 0 spiro atoms. The van der Waals surface area contributed by atoms with Crippen molar-refractivity contribution < 1.29 is 19.5 Å². The Morgan fingerprint density at radius 3 is 1.52 bits per heavy atom. The summed E-state index contributed by atoms with van der Waals surface area (Å²) in [4.78, 5) is 30.6. The number of aliphatic hydroxyl groups is 1. The van der Waals surface area contributed by atoms with Crippen molar-refractivity contribution in [2.24, 2.45) is 0 Å². The van der Waals surface area contributed by atoms with Gasteiger partial charge in [-0.05, 0) is 26.7 Å². The summed E-state index contributed by atoms with van der Waals surface area (Å²) in [5.74, 6) is 0.536. The summed E-state index contributed by atoms with van der Waals surface area (Å²) >= 11 is 0. The van der Waals surface area contributed by atoms with Crippen LogP contribution in [0.3, 0.4) is 0 Å². The number of hydrogen-bond donors (Lipinski definition) is 1. The van der Waals surface area contributed by atoms with Crippen molar-refractivity contribution in [3.63, 3.8) is 0 Å². The van der Waals surface area contributed by atoms with Gasteiger partial charge < -0.3 is 9.90 Å². The van der Waals surface area contributed by atoms with Gasteiger partial charge >= 0.3 is 0 Å². The Kier molecular flexibility index (Phi) is 27.1. The number of ketones is 3. The molecule has 0 saturated heterocycles. The van der Waals surface area contributed by atoms with Crippen molar-refractivity contribution in [1.29, 1.82) is 0 Å². The third kappa shape index (κ3) is 38.7. The first kappa shape index (κ1) is 26.8. The molecule has 0 unspecified atom stereocenters. The molecule has 0 aliphatic rings. The number of hydrogen-bond acceptors (Lipinski definition) is 4. The Bertz CT molecular complexity index is 285. The molecule has 1 N–H and O–H groups in total. The molecule has 0 aromatic heterocycles. The average Bonchev–Trinajstić information content (AvgIpc) is 2.53. The molecular weight excluding hydrogens is 292 g/mol. The molecule has 0 heterocycles. The number of carbonyl (C=O) groups is 3. The lowest BCUT2D eigenvalue weighted by Crippen LogP contribution is -1.93. The van der Waals surface area contributed by atoms with E-state index < -0.39 is 0 Å². The number of aliphatic hydroxyl groups excluding tert-OH is 1. The summed E-state index contributed by atoms with van der Waals surface area (Å²) in [6, 6.07) is 0. The van der Waals surface area contributed by atoms with Crippen molar-refractivity contribution in [2.75, 3.05) is 6.61 Å². The monoisotopic (exact) mass is 330 g/mol. The van der Waals surface area contributed by atoms with Gasteiger partial charge in [0.25, 0.3) is 0 Å². The van der Waals surface area contributed by atoms with E-state index in [-0.39, 0.29) is 12.4 Å². The minimum atomic E-state index is -0.333. The lowest BCUT2D eigenvalue weighted by atomic mass is 10.1. The van der Waals surface area contributed by atoms with Crippen molar-refractivity contribution in [3.05, 3.63) is 0 Å². The summed E-state index contributed by atoms with van der Waals surface area (Å²) in [7, 11) is 0. The van der Waals surface area contributed by atoms with E-state index in [1.165, 1.54) is 32.6 Å². The van der Waals surface area contributed by atoms with Gasteiger partial charge in [0.1, 0.15) is 18.2 Å². The minimum Gasteiger partial charge on any atom is -0.389 e. The van der Waals surface area contributed by atoms with Crippen LogP contribution in [-0.2, 0) is 14.4 Å². The van der Waals surface area contributed by atoms with E-state index in [4.69, 9.17) is 5.11 Å². The standard InChI is InChI=1S/C9H18O.C7H14O.C3H6O2/c1-3-4-5-6-7-8-9(2)10;1-3-5-6-7(8)4-2;1-3(5)2-4/h3-8H2,1-2H3;3-6H2,1-2H3;4H,2H2,1H3. The van der Waals surface area contributed by atoms with Crippen LogP contribution in [0, 0.1) is 0 Å². The molecule has 0 aliphatic heterocycles. The van der Waals surface area contributed by atoms with Gasteiger partial charge in [0.15, 0.2) is 5.78 Å². The average molecular weight is 331 g/mol. The van der Waals surface area contributed by atoms with Gasteiger partial charge in [0.2, 0.25) is 0 Å². The summed E-state index contributed by atoms with van der Waals surface area (Å²) in [5.41, 5.74) is 0.